The fraction of sp³-hybridized carbons (Fsp3) is 0.567. The van der Waals surface area contributed by atoms with Gasteiger partial charge in [-0.2, -0.15) is 0 Å². The Morgan fingerprint density at radius 2 is 1.94 bits per heavy atom. The van der Waals surface area contributed by atoms with Gasteiger partial charge in [-0.1, -0.05) is 50.6 Å². The Morgan fingerprint density at radius 3 is 2.61 bits per heavy atom. The molecular formula is C30H272ClNO4. The number of carbonyl (C=O) groups excluding carboxylic acids is 1. The first-order valence-corrected chi connectivity index (χ1v) is 13.4. The summed E-state index contributed by atoms with van der Waals surface area (Å²) in [4.78, 5) is 12.3. The molecule has 2 aromatic rings. The van der Waals surface area contributed by atoms with Crippen LogP contribution in [0.1, 0.15) is 244 Å². The lowest BCUT2D eigenvalue weighted by atomic mass is 9.77. The molecule has 0 radical (unpaired) electrons. The molecule has 0 spiro atoms. The van der Waals surface area contributed by atoms with Crippen molar-refractivity contribution in [3.63, 3.8) is 0 Å². The molecule has 0 amide bonds. The Hall–Kier alpha value is -2.08. The van der Waals surface area contributed by atoms with E-state index in [0.29, 0.717) is 11.6 Å². The number of aliphatic hydroxyl groups is 1. The van der Waals surface area contributed by atoms with E-state index >= 15 is 0 Å². The molecule has 3 rings (SSSR count). The first kappa shape index (κ1) is 28.5. The summed E-state index contributed by atoms with van der Waals surface area (Å²) in [6.45, 7) is 16.4. The number of hydrogen-bond acceptors (Lipinski definition) is 5. The van der Waals surface area contributed by atoms with E-state index in [0.717, 1.165) is 40.8 Å². The van der Waals surface area contributed by atoms with Gasteiger partial charge in [-0.25, -0.2) is 4.79 Å². The van der Waals surface area contributed by atoms with E-state index in [4.69, 9.17) is 21.1 Å². The summed E-state index contributed by atoms with van der Waals surface area (Å²) < 4.78 is 11.5. The van der Waals surface area contributed by atoms with E-state index in [1.54, 1.807) is 0 Å². The van der Waals surface area contributed by atoms with E-state index in [9.17, 15) is 9.90 Å². The van der Waals surface area contributed by atoms with Gasteiger partial charge in [-0.05, 0) is 98.7 Å². The Balaban J connectivity index is -0.00000000113. The molecule has 0 aromatic heterocycles. The zero-order valence-electron chi connectivity index (χ0n) is 23.0. The Labute approximate surface area is 392 Å². The number of aryl methyl sites for hydroxylation is 2. The summed E-state index contributed by atoms with van der Waals surface area (Å²) in [7, 11) is 0. The average Bonchev–Trinajstić information content (AvgIpc) is 2.79. The van der Waals surface area contributed by atoms with Gasteiger partial charge in [0.25, 0.3) is 0 Å². The number of rotatable bonds is 9. The van der Waals surface area contributed by atoms with Crippen LogP contribution in [0.25, 0.3) is 0 Å². The molecule has 428 valence electrons. The monoisotopic (exact) mass is 747 g/mol. The van der Waals surface area contributed by atoms with E-state index in [1.165, 1.54) is 11.1 Å². The Bertz CT molecular complexity index is 1210. The maximum absolute atomic E-state index is 12.3. The molecule has 4 atom stereocenters. The fourth-order valence-electron chi connectivity index (χ4n) is 5.29. The van der Waals surface area contributed by atoms with Crippen LogP contribution in [0.3, 0.4) is 0 Å². The van der Waals surface area contributed by atoms with Crippen LogP contribution in [-0.2, 0) is 21.6 Å². The molecule has 5 nitrogen and oxygen atoms in total. The predicted molar refractivity (Wildman–Crippen MR) is 389 cm³/mol. The van der Waals surface area contributed by atoms with Crippen molar-refractivity contribution < 1.29 is 183 Å². The van der Waals surface area contributed by atoms with Gasteiger partial charge in [0.2, 0.25) is 0 Å². The van der Waals surface area contributed by atoms with Crippen LogP contribution >= 0.6 is 11.6 Å². The summed E-state index contributed by atoms with van der Waals surface area (Å²) >= 11 is 6.30. The van der Waals surface area contributed by atoms with Crippen molar-refractivity contribution in [2.75, 3.05) is 13.2 Å². The SMILES string of the molecule is Cc1cc2c(c(C)c1OCC(=O)OC(C)C(C)C)C(C)[C@@H](NC[C@](C)(O)c1cccc(Cl)c1C)CC2.[HH].[HH].[HH].[HH].[HH].[HH].[HH].[HH].[HH].[HH].[HH].[HH].[HH].[HH].[HH].[HH].[HH].[HH].[HH].[HH].[HH].[HH].[HH].[HH].[HH].[HH].[HH].[HH].[HH].[HH].[HH].[HH].[HH].[HH].[HH].[HH].[HH].[HH].[HH].[HH].[HH].[HH].[HH].[HH].[HH].[HH].[HH].[HH].[HH].[HH].[HH].[HH].[HH].[HH].[HH].[HH].[HH].[HH].[HH].[HH].[HH].[HH].[HH].[HH].[HH].[HH].[HH].[HH].[HH].[HH].[HH].[HH].[HH].[HH].[HH].[HH].[HH].[HH].[HH].[HH].[HH].[HH].[HH].[HH].[HH].[HH].[HH].[HH].[HH].[HH].[HH].[HH].[HH].[HH].[HH].[HH].[HH].[HH].[HH].[HH].[HH].[HH].[HH].[HH].[HH].[HH].[HH].[HH].[HH].[HH].[HH].[HH].[HH].[HH].[HH]. The van der Waals surface area contributed by atoms with Crippen LogP contribution in [-0.4, -0.2) is 36.4 Å². The van der Waals surface area contributed by atoms with Crippen LogP contribution < -0.4 is 10.1 Å². The second-order valence-electron chi connectivity index (χ2n) is 10.9. The smallest absolute Gasteiger partial charge is 0.344 e. The van der Waals surface area contributed by atoms with Gasteiger partial charge in [-0.15, -0.1) is 0 Å². The second kappa shape index (κ2) is 11.5. The normalized spacial score (nSPS) is 20.0. The van der Waals surface area contributed by atoms with Crippen LogP contribution in [0.2, 0.25) is 5.02 Å². The zero-order valence-corrected chi connectivity index (χ0v) is 23.8. The molecule has 0 saturated heterocycles. The van der Waals surface area contributed by atoms with Crippen molar-refractivity contribution in [3.8, 4) is 5.75 Å². The lowest BCUT2D eigenvalue weighted by molar-refractivity contribution is -0.152. The third-order valence-electron chi connectivity index (χ3n) is 7.77. The molecule has 2 N–H and O–H groups in total. The number of ether oxygens (including phenoxy) is 2. The third kappa shape index (κ3) is 6.24. The van der Waals surface area contributed by atoms with Gasteiger partial charge in [0, 0.05) is 182 Å². The van der Waals surface area contributed by atoms with Gasteiger partial charge in [0.1, 0.15) is 11.9 Å². The van der Waals surface area contributed by atoms with Crippen molar-refractivity contribution in [3.05, 3.63) is 62.7 Å². The molecule has 2 unspecified atom stereocenters. The first-order chi connectivity index (χ1) is 16.8. The van der Waals surface area contributed by atoms with Gasteiger partial charge >= 0.3 is 5.97 Å². The first-order valence-electron chi connectivity index (χ1n) is 13.0. The Morgan fingerprint density at radius 1 is 1.25 bits per heavy atom. The molecule has 0 aliphatic heterocycles. The quantitative estimate of drug-likeness (QED) is 0.250. The minimum atomic E-state index is -1.04. The molecule has 36 heavy (non-hydrogen) atoms. The van der Waals surface area contributed by atoms with E-state index in [-0.39, 0.29) is 201 Å². The highest BCUT2D eigenvalue weighted by atomic mass is 35.5. The number of fused-ring (bicyclic) bond motifs is 1. The largest absolute Gasteiger partial charge is 0.481 e. The molecule has 1 aliphatic carbocycles. The average molecular weight is 748 g/mol. The minimum Gasteiger partial charge on any atom is -0.481 e. The lowest BCUT2D eigenvalue weighted by Gasteiger charge is -2.36. The highest BCUT2D eigenvalue weighted by Gasteiger charge is 2.32. The zero-order chi connectivity index (χ0) is 26.8. The molecular weight excluding hydrogens is 474 g/mol. The molecule has 0 bridgehead atoms. The number of hydrogen-bond donors (Lipinski definition) is 2. The van der Waals surface area contributed by atoms with Crippen LogP contribution in [0.4, 0.5) is 0 Å². The minimum absolute atomic E-state index is 0. The van der Waals surface area contributed by atoms with Crippen LogP contribution in [0.5, 0.6) is 5.75 Å². The maximum atomic E-state index is 12.3. The number of esters is 1. The summed E-state index contributed by atoms with van der Waals surface area (Å²) in [5, 5.41) is 15.6. The van der Waals surface area contributed by atoms with Crippen molar-refractivity contribution in [1.82, 2.24) is 5.32 Å². The molecule has 0 fully saturated rings. The van der Waals surface area contributed by atoms with Gasteiger partial charge < -0.3 is 19.9 Å². The van der Waals surface area contributed by atoms with Gasteiger partial charge in [-0.3, -0.25) is 0 Å². The maximum Gasteiger partial charge on any atom is 0.344 e. The topological polar surface area (TPSA) is 67.8 Å². The van der Waals surface area contributed by atoms with Crippen molar-refractivity contribution in [1.29, 1.82) is 0 Å². The molecule has 0 saturated carbocycles. The predicted octanol–water partition coefficient (Wildman–Crippen LogP) is 34.4. The van der Waals surface area contributed by atoms with Crippen molar-refractivity contribution >= 4 is 17.6 Å². The van der Waals surface area contributed by atoms with Gasteiger partial charge in [0.05, 0.1) is 5.60 Å². The van der Waals surface area contributed by atoms with E-state index in [1.807, 2.05) is 59.7 Å². The summed E-state index contributed by atoms with van der Waals surface area (Å²) in [6.07, 6.45) is 1.79. The molecule has 6 heteroatoms. The highest BCUT2D eigenvalue weighted by molar-refractivity contribution is 6.31. The second-order valence-corrected chi connectivity index (χ2v) is 11.4. The summed E-state index contributed by atoms with van der Waals surface area (Å²) in [5.74, 6) is 0.895. The molecule has 0 heterocycles. The molecule has 1 aliphatic rings. The van der Waals surface area contributed by atoms with Crippen LogP contribution in [0, 0.1) is 26.7 Å². The lowest BCUT2D eigenvalue weighted by Crippen LogP contribution is -2.45. The third-order valence-corrected chi connectivity index (χ3v) is 8.18. The van der Waals surface area contributed by atoms with E-state index < -0.39 is 5.60 Å². The Kier molecular flexibility index (Phi) is 9.13. The molecule has 2 aromatic carbocycles. The van der Waals surface area contributed by atoms with Crippen molar-refractivity contribution in [2.45, 2.75) is 91.9 Å². The number of benzene rings is 2. The number of nitrogens with one attached hydrogen (secondary N) is 1. The number of carbonyl (C=O) groups is 1. The van der Waals surface area contributed by atoms with Crippen molar-refractivity contribution in [2.24, 2.45) is 5.92 Å². The summed E-state index contributed by atoms with van der Waals surface area (Å²) in [5.41, 5.74) is 5.41. The highest BCUT2D eigenvalue weighted by Crippen LogP contribution is 2.40. The number of halogens is 1. The summed E-state index contributed by atoms with van der Waals surface area (Å²) in [6, 6.07) is 8.06. The van der Waals surface area contributed by atoms with Gasteiger partial charge in [0.15, 0.2) is 6.61 Å². The van der Waals surface area contributed by atoms with Crippen LogP contribution in [0.15, 0.2) is 24.3 Å². The fourth-order valence-corrected chi connectivity index (χ4v) is 5.47. The van der Waals surface area contributed by atoms with E-state index in [2.05, 4.69) is 25.2 Å². The standard InChI is InChI=1S/C30H42ClNO4.115H2/c1-17(2)22(7)36-27(33)15-35-29-18(3)14-23-12-13-26(20(5)28(23)21(29)6)32-16-30(8,34)24-10-9-11-25(31)19(24)4;;;;;;;;;;;;;;;;;;;;;;;;;;;;;;;;;;;;;;;;;;;;;;;;;;;;;;;;;;;;;;;;;;;;;;;;;;;;;;;;;;;;;;;;;;;;;;;;;;;;;;;;;;;;;;;;;;;/h9-11,14,17,20,22,26,32,34H,12-13,15-16H2,1-8H3;115*1H/t20?,22?,26-,30-;;;;;;;;;;;;;;;;;;;;;;;;;;;;;;;;;;;;;;;;;;;;;;;;;;;;;;;;;;;;;;;;;;;;;;;;;;;;;;;;;;;;;;;;;;;;;;;;;;;;;;;;;;;;;;;;;;;/m0.................................................................................................................../s1.